The molecule has 3 N–H and O–H groups in total. The molecule has 1 aliphatic rings. The molecule has 5 nitrogen and oxygen atoms in total. The molecule has 1 unspecified atom stereocenters. The second kappa shape index (κ2) is 7.05. The topological polar surface area (TPSA) is 71.2 Å². The molecule has 2 heterocycles. The van der Waals surface area contributed by atoms with E-state index in [4.69, 9.17) is 28.9 Å². The van der Waals surface area contributed by atoms with Crippen molar-refractivity contribution < 1.29 is 4.79 Å². The van der Waals surface area contributed by atoms with Crippen molar-refractivity contribution in [1.29, 1.82) is 0 Å². The maximum Gasteiger partial charge on any atom is 0.241 e. The summed E-state index contributed by atoms with van der Waals surface area (Å²) >= 11 is 13.4. The van der Waals surface area contributed by atoms with E-state index in [-0.39, 0.29) is 11.9 Å². The van der Waals surface area contributed by atoms with Crippen molar-refractivity contribution in [2.75, 3.05) is 17.6 Å². The Morgan fingerprint density at radius 3 is 2.78 bits per heavy atom. The van der Waals surface area contributed by atoms with Crippen LogP contribution in [0.3, 0.4) is 0 Å². The Bertz CT molecular complexity index is 701. The van der Waals surface area contributed by atoms with E-state index in [9.17, 15) is 4.79 Å². The lowest BCUT2D eigenvalue weighted by molar-refractivity contribution is -0.120. The minimum Gasteiger partial charge on any atom is -0.375 e. The number of nitrogens with zero attached hydrogens (tertiary/aromatic N) is 2. The molecule has 8 heteroatoms. The molecule has 0 aliphatic carbocycles. The molecular formula is C15H16Cl2N4OS. The third-order valence-corrected chi connectivity index (χ3v) is 4.97. The number of anilines is 2. The Kier molecular flexibility index (Phi) is 5.06. The minimum atomic E-state index is -0.170. The van der Waals surface area contributed by atoms with E-state index in [1.807, 2.05) is 0 Å². The number of rotatable bonds is 4. The van der Waals surface area contributed by atoms with Gasteiger partial charge in [0.2, 0.25) is 5.91 Å². The lowest BCUT2D eigenvalue weighted by Gasteiger charge is -2.23. The number of nitrogens with one attached hydrogen (secondary N) is 1. The van der Waals surface area contributed by atoms with E-state index in [1.165, 1.54) is 11.3 Å². The fourth-order valence-corrected chi connectivity index (χ4v) is 4.00. The van der Waals surface area contributed by atoms with Crippen molar-refractivity contribution in [3.8, 4) is 0 Å². The average Bonchev–Trinajstić information content (AvgIpc) is 3.07. The van der Waals surface area contributed by atoms with Crippen LogP contribution in [0.25, 0.3) is 0 Å². The van der Waals surface area contributed by atoms with E-state index >= 15 is 0 Å². The first-order valence-electron chi connectivity index (χ1n) is 7.22. The van der Waals surface area contributed by atoms with Crippen molar-refractivity contribution in [2.24, 2.45) is 0 Å². The van der Waals surface area contributed by atoms with Crippen molar-refractivity contribution >= 4 is 51.3 Å². The van der Waals surface area contributed by atoms with Gasteiger partial charge < -0.3 is 11.1 Å². The smallest absolute Gasteiger partial charge is 0.241 e. The molecule has 2 aromatic rings. The second-order valence-electron chi connectivity index (χ2n) is 5.44. The first-order chi connectivity index (χ1) is 11.0. The summed E-state index contributed by atoms with van der Waals surface area (Å²) in [4.78, 5) is 19.8. The lowest BCUT2D eigenvalue weighted by Crippen LogP contribution is -2.39. The number of hydrogen-bond acceptors (Lipinski definition) is 5. The second-order valence-corrected chi connectivity index (χ2v) is 7.46. The molecule has 1 aromatic heterocycles. The highest BCUT2D eigenvalue weighted by molar-refractivity contribution is 7.15. The van der Waals surface area contributed by atoms with Gasteiger partial charge in [-0.1, -0.05) is 23.2 Å². The molecule has 1 atom stereocenters. The van der Waals surface area contributed by atoms with Crippen molar-refractivity contribution in [3.63, 3.8) is 0 Å². The first kappa shape index (κ1) is 16.5. The van der Waals surface area contributed by atoms with E-state index in [2.05, 4.69) is 15.2 Å². The van der Waals surface area contributed by atoms with Crippen LogP contribution in [0, 0.1) is 0 Å². The van der Waals surface area contributed by atoms with Gasteiger partial charge in [0.25, 0.3) is 0 Å². The Morgan fingerprint density at radius 2 is 2.13 bits per heavy atom. The summed E-state index contributed by atoms with van der Waals surface area (Å²) in [6.45, 7) is 1.56. The fourth-order valence-electron chi connectivity index (χ4n) is 2.76. The van der Waals surface area contributed by atoms with Gasteiger partial charge in [-0.05, 0) is 37.6 Å². The number of likely N-dealkylation sites (tertiary alicyclic amines) is 1. The zero-order valence-electron chi connectivity index (χ0n) is 12.3. The van der Waals surface area contributed by atoms with Crippen molar-refractivity contribution in [3.05, 3.63) is 39.3 Å². The fraction of sp³-hybridized carbons (Fsp3) is 0.333. The average molecular weight is 371 g/mol. The van der Waals surface area contributed by atoms with Crippen LogP contribution in [0.5, 0.6) is 0 Å². The number of thiazole rings is 1. The van der Waals surface area contributed by atoms with Gasteiger partial charge in [-0.15, -0.1) is 11.3 Å². The number of nitrogens with two attached hydrogens (primary N) is 1. The summed E-state index contributed by atoms with van der Waals surface area (Å²) in [5.74, 6) is -0.0432. The third kappa shape index (κ3) is 4.14. The quantitative estimate of drug-likeness (QED) is 0.861. The van der Waals surface area contributed by atoms with Crippen molar-refractivity contribution in [1.82, 2.24) is 9.88 Å². The Labute approximate surface area is 148 Å². The minimum absolute atomic E-state index is 0.0432. The lowest BCUT2D eigenvalue weighted by atomic mass is 10.2. The molecule has 1 amide bonds. The van der Waals surface area contributed by atoms with Crippen LogP contribution in [0.1, 0.15) is 17.7 Å². The van der Waals surface area contributed by atoms with Gasteiger partial charge in [-0.2, -0.15) is 0 Å². The number of amides is 1. The largest absolute Gasteiger partial charge is 0.375 e. The summed E-state index contributed by atoms with van der Waals surface area (Å²) < 4.78 is 0. The highest BCUT2D eigenvalue weighted by Gasteiger charge is 2.31. The summed E-state index contributed by atoms with van der Waals surface area (Å²) in [7, 11) is 0. The van der Waals surface area contributed by atoms with Gasteiger partial charge in [0.15, 0.2) is 5.13 Å². The molecule has 0 saturated carbocycles. The Morgan fingerprint density at radius 1 is 1.39 bits per heavy atom. The standard InChI is InChI=1S/C15H16Cl2N4OS/c16-9-4-10(17)6-11(5-9)20-14(22)13-2-1-3-21(13)8-12-7-19-15(18)23-12/h4-7,13H,1-3,8H2,(H2,18,19)(H,20,22). The molecule has 1 saturated heterocycles. The van der Waals surface area contributed by atoms with E-state index < -0.39 is 0 Å². The van der Waals surface area contributed by atoms with Crippen LogP contribution in [0.4, 0.5) is 10.8 Å². The highest BCUT2D eigenvalue weighted by atomic mass is 35.5. The molecule has 1 aliphatic heterocycles. The predicted molar refractivity (Wildman–Crippen MR) is 95.1 cm³/mol. The number of aromatic nitrogens is 1. The normalized spacial score (nSPS) is 18.3. The summed E-state index contributed by atoms with van der Waals surface area (Å²) in [6.07, 6.45) is 3.58. The predicted octanol–water partition coefficient (Wildman–Crippen LogP) is 3.64. The Balaban J connectivity index is 1.67. The van der Waals surface area contributed by atoms with Crippen LogP contribution >= 0.6 is 34.5 Å². The summed E-state index contributed by atoms with van der Waals surface area (Å²) in [6, 6.07) is 4.84. The number of hydrogen-bond donors (Lipinski definition) is 2. The van der Waals surface area contributed by atoms with Crippen LogP contribution < -0.4 is 11.1 Å². The summed E-state index contributed by atoms with van der Waals surface area (Å²) in [5, 5.41) is 4.44. The number of benzene rings is 1. The number of nitrogen functional groups attached to an aromatic ring is 1. The zero-order chi connectivity index (χ0) is 16.4. The van der Waals surface area contributed by atoms with Crippen LogP contribution in [0.2, 0.25) is 10.0 Å². The molecule has 3 rings (SSSR count). The molecule has 0 bridgehead atoms. The van der Waals surface area contributed by atoms with Crippen LogP contribution in [0.15, 0.2) is 24.4 Å². The molecule has 1 fully saturated rings. The maximum atomic E-state index is 12.6. The SMILES string of the molecule is Nc1ncc(CN2CCCC2C(=O)Nc2cc(Cl)cc(Cl)c2)s1. The van der Waals surface area contributed by atoms with Crippen molar-refractivity contribution in [2.45, 2.75) is 25.4 Å². The summed E-state index contributed by atoms with van der Waals surface area (Å²) in [5.41, 5.74) is 6.27. The van der Waals surface area contributed by atoms with Gasteiger partial charge in [-0.3, -0.25) is 9.69 Å². The molecule has 0 spiro atoms. The molecular weight excluding hydrogens is 355 g/mol. The van der Waals surface area contributed by atoms with Crippen LogP contribution in [-0.4, -0.2) is 28.4 Å². The van der Waals surface area contributed by atoms with Gasteiger partial charge >= 0.3 is 0 Å². The Hall–Kier alpha value is -1.34. The monoisotopic (exact) mass is 370 g/mol. The van der Waals surface area contributed by atoms with E-state index in [1.54, 1.807) is 24.4 Å². The van der Waals surface area contributed by atoms with Gasteiger partial charge in [0, 0.05) is 33.4 Å². The van der Waals surface area contributed by atoms with Crippen LogP contribution in [-0.2, 0) is 11.3 Å². The molecule has 1 aromatic carbocycles. The first-order valence-corrected chi connectivity index (χ1v) is 8.80. The van der Waals surface area contributed by atoms with E-state index in [0.717, 1.165) is 24.3 Å². The molecule has 0 radical (unpaired) electrons. The highest BCUT2D eigenvalue weighted by Crippen LogP contribution is 2.26. The molecule has 122 valence electrons. The zero-order valence-corrected chi connectivity index (χ0v) is 14.6. The van der Waals surface area contributed by atoms with Gasteiger partial charge in [-0.25, -0.2) is 4.98 Å². The number of carbonyl (C=O) groups excluding carboxylic acids is 1. The van der Waals surface area contributed by atoms with Gasteiger partial charge in [0.05, 0.1) is 6.04 Å². The maximum absolute atomic E-state index is 12.6. The van der Waals surface area contributed by atoms with Gasteiger partial charge in [0.1, 0.15) is 0 Å². The number of carbonyl (C=O) groups is 1. The number of halogens is 2. The molecule has 23 heavy (non-hydrogen) atoms. The van der Waals surface area contributed by atoms with E-state index in [0.29, 0.717) is 27.4 Å². The third-order valence-electron chi connectivity index (χ3n) is 3.73.